The third-order valence-electron chi connectivity index (χ3n) is 17.7. The minimum atomic E-state index is -0.112. The van der Waals surface area contributed by atoms with Crippen molar-refractivity contribution in [2.45, 2.75) is 264 Å². The van der Waals surface area contributed by atoms with Gasteiger partial charge in [0.05, 0.1) is 0 Å². The lowest BCUT2D eigenvalue weighted by molar-refractivity contribution is -0.115. The normalized spacial score (nSPS) is 14.9. The molecule has 7 rings (SSSR count). The smallest absolute Gasteiger partial charge is 0.221 e. The number of nitrogens with one attached hydrogen (secondary N) is 2. The second kappa shape index (κ2) is 25.7. The van der Waals surface area contributed by atoms with Crippen molar-refractivity contribution in [2.75, 3.05) is 10.6 Å². The number of fused-ring (bicyclic) bond motifs is 9. The number of carbonyl (C=O) groups excluding carboxylic acids is 2. The van der Waals surface area contributed by atoms with Gasteiger partial charge in [0.2, 0.25) is 11.8 Å². The average Bonchev–Trinajstić information content (AvgIpc) is 3.88. The number of amides is 2. The second-order valence-electron chi connectivity index (χ2n) is 22.9. The molecule has 386 valence electrons. The van der Waals surface area contributed by atoms with Crippen molar-refractivity contribution in [2.24, 2.45) is 0 Å². The topological polar surface area (TPSA) is 58.2 Å². The molecule has 0 unspecified atom stereocenters. The van der Waals surface area contributed by atoms with Crippen LogP contribution in [0.4, 0.5) is 11.4 Å². The monoisotopic (exact) mass is 961 g/mol. The molecule has 0 bridgehead atoms. The third-order valence-corrected chi connectivity index (χ3v) is 17.7. The van der Waals surface area contributed by atoms with Crippen molar-refractivity contribution in [3.05, 3.63) is 94.0 Å². The largest absolute Gasteiger partial charge is 0.326 e. The molecule has 2 amide bonds. The first-order chi connectivity index (χ1) is 34.6. The Morgan fingerprint density at radius 2 is 0.535 bits per heavy atom. The number of hydrogen-bond acceptors (Lipinski definition) is 2. The van der Waals surface area contributed by atoms with Crippen LogP contribution in [0.15, 0.2) is 60.7 Å². The Bertz CT molecular complexity index is 2210. The van der Waals surface area contributed by atoms with Crippen LogP contribution in [0, 0.1) is 0 Å². The van der Waals surface area contributed by atoms with Gasteiger partial charge in [-0.25, -0.2) is 0 Å². The van der Waals surface area contributed by atoms with E-state index in [1.54, 1.807) is 36.1 Å². The van der Waals surface area contributed by atoms with Crippen molar-refractivity contribution >= 4 is 23.2 Å². The van der Waals surface area contributed by atoms with Gasteiger partial charge in [-0.05, 0) is 154 Å². The number of rotatable bonds is 32. The highest BCUT2D eigenvalue weighted by Gasteiger charge is 2.50. The molecule has 3 aliphatic rings. The maximum atomic E-state index is 12.7. The highest BCUT2D eigenvalue weighted by atomic mass is 16.2. The summed E-state index contributed by atoms with van der Waals surface area (Å²) in [5.41, 5.74) is 19.5. The molecule has 0 saturated heterocycles. The summed E-state index contributed by atoms with van der Waals surface area (Å²) in [4.78, 5) is 25.3. The van der Waals surface area contributed by atoms with Crippen LogP contribution in [-0.4, -0.2) is 11.8 Å². The molecule has 0 atom stereocenters. The predicted octanol–water partition coefficient (Wildman–Crippen LogP) is 20.2. The quantitative estimate of drug-likeness (QED) is 0.0479. The Labute approximate surface area is 433 Å². The molecular weight excluding hydrogens is 865 g/mol. The van der Waals surface area contributed by atoms with Gasteiger partial charge in [0, 0.05) is 41.5 Å². The summed E-state index contributed by atoms with van der Waals surface area (Å²) < 4.78 is 0. The van der Waals surface area contributed by atoms with Crippen LogP contribution in [0.3, 0.4) is 0 Å². The summed E-state index contributed by atoms with van der Waals surface area (Å²) in [6.07, 6.45) is 36.8. The van der Waals surface area contributed by atoms with E-state index < -0.39 is 0 Å². The van der Waals surface area contributed by atoms with Crippen molar-refractivity contribution < 1.29 is 9.59 Å². The Balaban J connectivity index is 1.53. The Kier molecular flexibility index (Phi) is 19.7. The summed E-state index contributed by atoms with van der Waals surface area (Å²) in [6.45, 7) is 17.3. The second-order valence-corrected chi connectivity index (χ2v) is 22.9. The lowest BCUT2D eigenvalue weighted by Crippen LogP contribution is -2.27. The summed E-state index contributed by atoms with van der Waals surface area (Å²) in [5, 5.41) is 6.45. The zero-order valence-electron chi connectivity index (χ0n) is 46.3. The molecule has 4 nitrogen and oxygen atoms in total. The van der Waals surface area contributed by atoms with Crippen LogP contribution >= 0.6 is 0 Å². The summed E-state index contributed by atoms with van der Waals surface area (Å²) in [5.74, 6) is -0.00687. The van der Waals surface area contributed by atoms with E-state index in [9.17, 15) is 9.59 Å². The van der Waals surface area contributed by atoms with E-state index in [0.29, 0.717) is 0 Å². The predicted molar refractivity (Wildman–Crippen MR) is 306 cm³/mol. The summed E-state index contributed by atoms with van der Waals surface area (Å²) in [7, 11) is 0. The van der Waals surface area contributed by atoms with Gasteiger partial charge >= 0.3 is 0 Å². The number of unbranched alkanes of at least 4 members (excludes halogenated alkanes) is 18. The van der Waals surface area contributed by atoms with E-state index in [2.05, 4.69) is 113 Å². The van der Waals surface area contributed by atoms with Gasteiger partial charge in [-0.1, -0.05) is 208 Å². The fourth-order valence-electron chi connectivity index (χ4n) is 14.1. The van der Waals surface area contributed by atoms with Gasteiger partial charge in [-0.2, -0.15) is 0 Å². The molecule has 71 heavy (non-hydrogen) atoms. The first-order valence-corrected chi connectivity index (χ1v) is 29.8. The van der Waals surface area contributed by atoms with Crippen LogP contribution in [-0.2, 0) is 25.8 Å². The van der Waals surface area contributed by atoms with E-state index >= 15 is 0 Å². The maximum absolute atomic E-state index is 12.7. The fraction of sp³-hybridized carbons (Fsp3) is 0.612. The molecule has 0 spiro atoms. The maximum Gasteiger partial charge on any atom is 0.221 e. The molecule has 0 saturated carbocycles. The van der Waals surface area contributed by atoms with E-state index in [4.69, 9.17) is 0 Å². The molecule has 0 aliphatic heterocycles. The van der Waals surface area contributed by atoms with Crippen LogP contribution in [0.2, 0.25) is 0 Å². The molecular formula is C67H96N2O2. The molecule has 4 aromatic carbocycles. The van der Waals surface area contributed by atoms with Gasteiger partial charge in [-0.3, -0.25) is 9.59 Å². The molecule has 0 fully saturated rings. The molecule has 0 heterocycles. The van der Waals surface area contributed by atoms with Gasteiger partial charge in [0.15, 0.2) is 0 Å². The lowest BCUT2D eigenvalue weighted by Gasteiger charge is -2.35. The Morgan fingerprint density at radius 1 is 0.310 bits per heavy atom. The van der Waals surface area contributed by atoms with Crippen molar-refractivity contribution in [1.82, 2.24) is 0 Å². The van der Waals surface area contributed by atoms with Gasteiger partial charge < -0.3 is 10.6 Å². The fourth-order valence-corrected chi connectivity index (χ4v) is 14.1. The zero-order chi connectivity index (χ0) is 50.4. The van der Waals surface area contributed by atoms with E-state index in [-0.39, 0.29) is 28.1 Å². The third kappa shape index (κ3) is 11.6. The van der Waals surface area contributed by atoms with Gasteiger partial charge in [0.25, 0.3) is 0 Å². The molecule has 2 N–H and O–H groups in total. The lowest BCUT2D eigenvalue weighted by atomic mass is 9.68. The summed E-state index contributed by atoms with van der Waals surface area (Å²) in [6, 6.07) is 25.0. The highest BCUT2D eigenvalue weighted by Crippen LogP contribution is 2.64. The van der Waals surface area contributed by atoms with Crippen molar-refractivity contribution in [3.8, 4) is 33.4 Å². The van der Waals surface area contributed by atoms with E-state index in [0.717, 1.165) is 37.1 Å². The first-order valence-electron chi connectivity index (χ1n) is 29.8. The van der Waals surface area contributed by atoms with Crippen LogP contribution in [0.1, 0.15) is 281 Å². The number of carbonyl (C=O) groups is 2. The molecule has 3 aliphatic carbocycles. The SMILES string of the molecule is CCCCCCC1(CCCCCC)c2cc(NC(C)=O)ccc2-c2cc3c(cc21)-c1cc2c(cc1C3(CCCCCC)CCCCCC)-c1ccc(NC(C)=O)cc1C2(CCCCCC)CCCCCC. The molecule has 4 heteroatoms. The highest BCUT2D eigenvalue weighted by molar-refractivity contribution is 5.96. The summed E-state index contributed by atoms with van der Waals surface area (Å²) >= 11 is 0. The van der Waals surface area contributed by atoms with E-state index in [1.807, 2.05) is 0 Å². The minimum absolute atomic E-state index is 0.00343. The van der Waals surface area contributed by atoms with Crippen LogP contribution < -0.4 is 10.6 Å². The van der Waals surface area contributed by atoms with Gasteiger partial charge in [0.1, 0.15) is 0 Å². The molecule has 0 radical (unpaired) electrons. The van der Waals surface area contributed by atoms with Crippen molar-refractivity contribution in [3.63, 3.8) is 0 Å². The number of benzene rings is 4. The standard InChI is InChI=1S/C67H96N2O2/c1-9-15-21-27-37-65(38-28-22-16-10-2)59-43-51(68-49(7)70)33-35-53(59)55-45-63-57(47-61(55)65)58-48-62-56(46-64(58)67(63,41-31-25-19-13-5)42-32-26-20-14-6)54-36-34-52(69-50(8)71)44-60(54)66(62,39-29-23-17-11-3)40-30-24-18-12-4/h33-36,43-48H,9-32,37-42H2,1-8H3,(H,68,70)(H,69,71). The van der Waals surface area contributed by atoms with Crippen LogP contribution in [0.25, 0.3) is 33.4 Å². The van der Waals surface area contributed by atoms with E-state index in [1.165, 1.54) is 211 Å². The average molecular weight is 962 g/mol. The number of hydrogen-bond donors (Lipinski definition) is 2. The minimum Gasteiger partial charge on any atom is -0.326 e. The molecule has 4 aromatic rings. The Morgan fingerprint density at radius 3 is 0.761 bits per heavy atom. The molecule has 0 aromatic heterocycles. The number of anilines is 2. The van der Waals surface area contributed by atoms with Crippen molar-refractivity contribution in [1.29, 1.82) is 0 Å². The zero-order valence-corrected chi connectivity index (χ0v) is 46.3. The first kappa shape index (κ1) is 54.6. The Hall–Kier alpha value is -4.18. The van der Waals surface area contributed by atoms with Crippen LogP contribution in [0.5, 0.6) is 0 Å². The van der Waals surface area contributed by atoms with Gasteiger partial charge in [-0.15, -0.1) is 0 Å².